The molecular weight excluding hydrogens is 326 g/mol. The second-order valence-electron chi connectivity index (χ2n) is 7.17. The van der Waals surface area contributed by atoms with Crippen molar-refractivity contribution in [3.8, 4) is 0 Å². The number of nitrogens with zero attached hydrogens (tertiary/aromatic N) is 2. The summed E-state index contributed by atoms with van der Waals surface area (Å²) in [6, 6.07) is 7.72. The van der Waals surface area contributed by atoms with E-state index in [0.717, 1.165) is 0 Å². The van der Waals surface area contributed by atoms with E-state index in [1.807, 2.05) is 33.0 Å². The molecule has 0 spiro atoms. The van der Waals surface area contributed by atoms with E-state index >= 15 is 0 Å². The normalized spacial score (nSPS) is 15.5. The first-order chi connectivity index (χ1) is 12.5. The summed E-state index contributed by atoms with van der Waals surface area (Å²) in [6.45, 7) is 5.68. The Bertz CT molecular complexity index is 591. The van der Waals surface area contributed by atoms with Gasteiger partial charge in [0.25, 0.3) is 5.91 Å². The van der Waals surface area contributed by atoms with Gasteiger partial charge in [-0.15, -0.1) is 0 Å². The summed E-state index contributed by atoms with van der Waals surface area (Å²) in [7, 11) is 2.04. The molecule has 1 aromatic rings. The minimum Gasteiger partial charge on any atom is -0.339 e. The van der Waals surface area contributed by atoms with Gasteiger partial charge in [0.15, 0.2) is 0 Å². The molecule has 1 aliphatic carbocycles. The molecule has 26 heavy (non-hydrogen) atoms. The lowest BCUT2D eigenvalue weighted by molar-refractivity contribution is -0.117. The molecule has 0 atom stereocenters. The van der Waals surface area contributed by atoms with Crippen LogP contribution in [0, 0.1) is 0 Å². The van der Waals surface area contributed by atoms with Crippen LogP contribution in [-0.4, -0.2) is 54.3 Å². The van der Waals surface area contributed by atoms with Gasteiger partial charge in [-0.1, -0.05) is 31.7 Å². The van der Waals surface area contributed by atoms with Crippen molar-refractivity contribution in [1.29, 1.82) is 0 Å². The smallest absolute Gasteiger partial charge is 0.253 e. The van der Waals surface area contributed by atoms with Crippen LogP contribution in [-0.2, 0) is 4.79 Å². The van der Waals surface area contributed by atoms with Crippen LogP contribution in [0.15, 0.2) is 24.3 Å². The largest absolute Gasteiger partial charge is 0.339 e. The fourth-order valence-corrected chi connectivity index (χ4v) is 3.68. The van der Waals surface area contributed by atoms with Crippen LogP contribution < -0.4 is 5.32 Å². The number of benzene rings is 1. The summed E-state index contributed by atoms with van der Waals surface area (Å²) in [5, 5.41) is 2.95. The van der Waals surface area contributed by atoms with E-state index in [-0.39, 0.29) is 11.8 Å². The Balaban J connectivity index is 1.94. The lowest BCUT2D eigenvalue weighted by atomic mass is 10.1. The zero-order valence-corrected chi connectivity index (χ0v) is 16.5. The first kappa shape index (κ1) is 20.4. The zero-order chi connectivity index (χ0) is 18.9. The van der Waals surface area contributed by atoms with E-state index in [0.29, 0.717) is 36.9 Å². The molecule has 0 radical (unpaired) electrons. The van der Waals surface area contributed by atoms with Crippen LogP contribution in [0.25, 0.3) is 0 Å². The molecule has 2 rings (SSSR count). The van der Waals surface area contributed by atoms with Crippen molar-refractivity contribution in [3.63, 3.8) is 0 Å². The van der Waals surface area contributed by atoms with Gasteiger partial charge in [0.2, 0.25) is 5.91 Å². The maximum absolute atomic E-state index is 12.5. The van der Waals surface area contributed by atoms with Crippen molar-refractivity contribution in [2.75, 3.05) is 32.0 Å². The Morgan fingerprint density at radius 3 is 2.35 bits per heavy atom. The highest BCUT2D eigenvalue weighted by atomic mass is 16.2. The third-order valence-electron chi connectivity index (χ3n) is 5.28. The molecule has 0 unspecified atom stereocenters. The van der Waals surface area contributed by atoms with Gasteiger partial charge < -0.3 is 10.2 Å². The number of amides is 2. The van der Waals surface area contributed by atoms with E-state index in [1.165, 1.54) is 38.5 Å². The van der Waals surface area contributed by atoms with Crippen molar-refractivity contribution in [2.45, 2.75) is 58.4 Å². The molecule has 0 heterocycles. The summed E-state index contributed by atoms with van der Waals surface area (Å²) in [6.07, 6.45) is 7.49. The first-order valence-electron chi connectivity index (χ1n) is 9.94. The predicted molar refractivity (Wildman–Crippen MR) is 106 cm³/mol. The Morgan fingerprint density at radius 2 is 1.73 bits per heavy atom. The number of hydrogen-bond acceptors (Lipinski definition) is 3. The van der Waals surface area contributed by atoms with Crippen molar-refractivity contribution >= 4 is 17.5 Å². The highest BCUT2D eigenvalue weighted by Crippen LogP contribution is 2.21. The van der Waals surface area contributed by atoms with Gasteiger partial charge in [-0.2, -0.15) is 0 Å². The van der Waals surface area contributed by atoms with Crippen molar-refractivity contribution in [2.24, 2.45) is 0 Å². The van der Waals surface area contributed by atoms with E-state index in [4.69, 9.17) is 0 Å². The molecule has 0 aliphatic heterocycles. The number of anilines is 1. The minimum absolute atomic E-state index is 0.00155. The number of likely N-dealkylation sites (N-methyl/N-ethyl adjacent to an activating group) is 1. The molecule has 2 amide bonds. The van der Waals surface area contributed by atoms with Gasteiger partial charge in [0.05, 0.1) is 6.54 Å². The van der Waals surface area contributed by atoms with Gasteiger partial charge in [-0.3, -0.25) is 14.5 Å². The van der Waals surface area contributed by atoms with Gasteiger partial charge >= 0.3 is 0 Å². The molecule has 5 heteroatoms. The number of nitrogens with one attached hydrogen (secondary N) is 1. The molecule has 0 bridgehead atoms. The average molecular weight is 360 g/mol. The monoisotopic (exact) mass is 359 g/mol. The summed E-state index contributed by atoms with van der Waals surface area (Å²) in [5.74, 6) is -0.0224. The Kier molecular flexibility index (Phi) is 8.10. The Hall–Kier alpha value is -1.88. The van der Waals surface area contributed by atoms with E-state index in [1.54, 1.807) is 17.0 Å². The van der Waals surface area contributed by atoms with Crippen LogP contribution in [0.4, 0.5) is 5.69 Å². The highest BCUT2D eigenvalue weighted by molar-refractivity contribution is 5.97. The number of carbonyl (C=O) groups excluding carboxylic acids is 2. The number of hydrogen-bond donors (Lipinski definition) is 1. The number of carbonyl (C=O) groups is 2. The van der Waals surface area contributed by atoms with Crippen LogP contribution in [0.5, 0.6) is 0 Å². The van der Waals surface area contributed by atoms with E-state index in [2.05, 4.69) is 10.2 Å². The lowest BCUT2D eigenvalue weighted by Gasteiger charge is -2.26. The average Bonchev–Trinajstić information content (AvgIpc) is 2.92. The van der Waals surface area contributed by atoms with Gasteiger partial charge in [-0.25, -0.2) is 0 Å². The molecule has 0 aromatic heterocycles. The minimum atomic E-state index is -0.0239. The van der Waals surface area contributed by atoms with Gasteiger partial charge in [0, 0.05) is 30.4 Å². The van der Waals surface area contributed by atoms with Crippen LogP contribution in [0.2, 0.25) is 0 Å². The van der Waals surface area contributed by atoms with E-state index in [9.17, 15) is 9.59 Å². The summed E-state index contributed by atoms with van der Waals surface area (Å²) in [4.78, 5) is 28.8. The van der Waals surface area contributed by atoms with Crippen molar-refractivity contribution in [1.82, 2.24) is 9.80 Å². The fraction of sp³-hybridized carbons (Fsp3) is 0.619. The first-order valence-corrected chi connectivity index (χ1v) is 9.94. The molecule has 1 fully saturated rings. The zero-order valence-electron chi connectivity index (χ0n) is 16.5. The summed E-state index contributed by atoms with van der Waals surface area (Å²) < 4.78 is 0. The summed E-state index contributed by atoms with van der Waals surface area (Å²) >= 11 is 0. The molecule has 1 aliphatic rings. The van der Waals surface area contributed by atoms with Gasteiger partial charge in [0.1, 0.15) is 0 Å². The van der Waals surface area contributed by atoms with Crippen LogP contribution in [0.3, 0.4) is 0 Å². The predicted octanol–water partition coefficient (Wildman–Crippen LogP) is 3.76. The standard InChI is InChI=1S/C21H33N3O2/c1-4-24(5-2)21(26)17-11-10-12-18(15-17)22-20(25)16-23(3)19-13-8-6-7-9-14-19/h10-12,15,19H,4-9,13-14,16H2,1-3H3,(H,22,25). The van der Waals surface area contributed by atoms with Crippen molar-refractivity contribution in [3.05, 3.63) is 29.8 Å². The maximum Gasteiger partial charge on any atom is 0.253 e. The third kappa shape index (κ3) is 5.84. The second-order valence-corrected chi connectivity index (χ2v) is 7.17. The highest BCUT2D eigenvalue weighted by Gasteiger charge is 2.19. The van der Waals surface area contributed by atoms with Crippen molar-refractivity contribution < 1.29 is 9.59 Å². The Labute approximate surface area is 157 Å². The molecule has 1 saturated carbocycles. The third-order valence-corrected chi connectivity index (χ3v) is 5.28. The number of rotatable bonds is 7. The van der Waals surface area contributed by atoms with Crippen LogP contribution >= 0.6 is 0 Å². The quantitative estimate of drug-likeness (QED) is 0.754. The van der Waals surface area contributed by atoms with Crippen LogP contribution in [0.1, 0.15) is 62.7 Å². The fourth-order valence-electron chi connectivity index (χ4n) is 3.68. The lowest BCUT2D eigenvalue weighted by Crippen LogP contribution is -2.37. The molecule has 1 N–H and O–H groups in total. The molecule has 5 nitrogen and oxygen atoms in total. The Morgan fingerprint density at radius 1 is 1.08 bits per heavy atom. The molecule has 1 aromatic carbocycles. The molecule has 144 valence electrons. The van der Waals surface area contributed by atoms with E-state index < -0.39 is 0 Å². The molecule has 0 saturated heterocycles. The summed E-state index contributed by atoms with van der Waals surface area (Å²) in [5.41, 5.74) is 1.30. The molecular formula is C21H33N3O2. The SMILES string of the molecule is CCN(CC)C(=O)c1cccc(NC(=O)CN(C)C2CCCCCC2)c1. The topological polar surface area (TPSA) is 52.7 Å². The maximum atomic E-state index is 12.5. The van der Waals surface area contributed by atoms with Gasteiger partial charge in [-0.05, 0) is 51.9 Å². The second kappa shape index (κ2) is 10.3.